The summed E-state index contributed by atoms with van der Waals surface area (Å²) in [5.74, 6) is 0.161. The van der Waals surface area contributed by atoms with Gasteiger partial charge in [0.1, 0.15) is 0 Å². The monoisotopic (exact) mass is 250 g/mol. The van der Waals surface area contributed by atoms with Gasteiger partial charge in [-0.25, -0.2) is 0 Å². The van der Waals surface area contributed by atoms with Crippen LogP contribution in [0.1, 0.15) is 12.8 Å². The van der Waals surface area contributed by atoms with Crippen LogP contribution in [0.5, 0.6) is 0 Å². The van der Waals surface area contributed by atoms with E-state index in [1.807, 2.05) is 0 Å². The molecule has 1 amide bonds. The molecule has 2 N–H and O–H groups in total. The fourth-order valence-electron chi connectivity index (χ4n) is 2.15. The summed E-state index contributed by atoms with van der Waals surface area (Å²) < 4.78 is 5.31. The first-order chi connectivity index (χ1) is 7.31. The van der Waals surface area contributed by atoms with E-state index in [1.165, 1.54) is 0 Å². The van der Waals surface area contributed by atoms with Gasteiger partial charge in [0.05, 0.1) is 25.4 Å². The molecule has 2 saturated heterocycles. The first-order valence-electron chi connectivity index (χ1n) is 5.56. The van der Waals surface area contributed by atoms with Crippen molar-refractivity contribution in [2.24, 2.45) is 0 Å². The lowest BCUT2D eigenvalue weighted by Crippen LogP contribution is -2.52. The number of amides is 1. The molecule has 0 saturated carbocycles. The number of aliphatic hydroxyl groups is 1. The van der Waals surface area contributed by atoms with Crippen LogP contribution in [0.25, 0.3) is 0 Å². The van der Waals surface area contributed by atoms with E-state index >= 15 is 0 Å². The molecular weight excluding hydrogens is 232 g/mol. The lowest BCUT2D eigenvalue weighted by molar-refractivity contribution is -0.142. The Morgan fingerprint density at radius 3 is 3.00 bits per heavy atom. The van der Waals surface area contributed by atoms with Crippen molar-refractivity contribution in [1.29, 1.82) is 0 Å². The predicted molar refractivity (Wildman–Crippen MR) is 61.7 cm³/mol. The molecule has 0 bridgehead atoms. The number of hydrogen-bond acceptors (Lipinski definition) is 4. The van der Waals surface area contributed by atoms with Crippen molar-refractivity contribution in [2.45, 2.75) is 25.0 Å². The van der Waals surface area contributed by atoms with Crippen molar-refractivity contribution in [1.82, 2.24) is 10.2 Å². The number of nitrogens with zero attached hydrogens (tertiary/aromatic N) is 1. The summed E-state index contributed by atoms with van der Waals surface area (Å²) in [6, 6.07) is -0.0116. The number of hydrogen-bond donors (Lipinski definition) is 2. The number of aliphatic hydroxyl groups excluding tert-OH is 1. The number of carbonyl (C=O) groups excluding carboxylic acids is 1. The van der Waals surface area contributed by atoms with E-state index < -0.39 is 0 Å². The number of ether oxygens (including phenoxy) is 1. The molecule has 94 valence electrons. The summed E-state index contributed by atoms with van der Waals surface area (Å²) in [6.07, 6.45) is 1.80. The summed E-state index contributed by atoms with van der Waals surface area (Å²) >= 11 is 0. The number of morpholine rings is 1. The molecular formula is C10H19ClN2O3. The minimum absolute atomic E-state index is 0. The second-order valence-electron chi connectivity index (χ2n) is 4.11. The highest BCUT2D eigenvalue weighted by molar-refractivity contribution is 5.85. The Bertz CT molecular complexity index is 234. The topological polar surface area (TPSA) is 61.8 Å². The van der Waals surface area contributed by atoms with Gasteiger partial charge in [0.15, 0.2) is 0 Å². The molecule has 0 spiro atoms. The third-order valence-electron chi connectivity index (χ3n) is 3.01. The van der Waals surface area contributed by atoms with E-state index in [2.05, 4.69) is 5.32 Å². The Hall–Kier alpha value is -0.360. The molecule has 2 aliphatic heterocycles. The summed E-state index contributed by atoms with van der Waals surface area (Å²) in [6.45, 7) is 2.62. The van der Waals surface area contributed by atoms with Gasteiger partial charge < -0.3 is 20.1 Å². The van der Waals surface area contributed by atoms with Crippen LogP contribution in [0.2, 0.25) is 0 Å². The zero-order valence-electron chi connectivity index (χ0n) is 9.22. The molecule has 2 aliphatic rings. The van der Waals surface area contributed by atoms with Gasteiger partial charge in [0.25, 0.3) is 0 Å². The van der Waals surface area contributed by atoms with Gasteiger partial charge in [-0.3, -0.25) is 4.79 Å². The number of nitrogens with one attached hydrogen (secondary N) is 1. The van der Waals surface area contributed by atoms with Gasteiger partial charge in [0, 0.05) is 13.1 Å². The molecule has 6 heteroatoms. The van der Waals surface area contributed by atoms with Gasteiger partial charge in [-0.1, -0.05) is 0 Å². The Morgan fingerprint density at radius 2 is 2.38 bits per heavy atom. The Balaban J connectivity index is 0.00000128. The van der Waals surface area contributed by atoms with Gasteiger partial charge in [-0.15, -0.1) is 12.4 Å². The number of carbonyl (C=O) groups is 1. The quantitative estimate of drug-likeness (QED) is 0.686. The van der Waals surface area contributed by atoms with E-state index in [0.717, 1.165) is 19.4 Å². The smallest absolute Gasteiger partial charge is 0.239 e. The predicted octanol–water partition coefficient (Wildman–Crippen LogP) is -0.620. The average molecular weight is 251 g/mol. The maximum absolute atomic E-state index is 12.0. The van der Waals surface area contributed by atoms with E-state index in [1.54, 1.807) is 4.90 Å². The van der Waals surface area contributed by atoms with Crippen molar-refractivity contribution < 1.29 is 14.6 Å². The van der Waals surface area contributed by atoms with Crippen LogP contribution in [0.3, 0.4) is 0 Å². The second-order valence-corrected chi connectivity index (χ2v) is 4.11. The first kappa shape index (κ1) is 13.7. The van der Waals surface area contributed by atoms with Gasteiger partial charge in [-0.05, 0) is 19.4 Å². The van der Waals surface area contributed by atoms with Crippen LogP contribution < -0.4 is 5.32 Å². The van der Waals surface area contributed by atoms with Gasteiger partial charge >= 0.3 is 0 Å². The van der Waals surface area contributed by atoms with Crippen molar-refractivity contribution in [2.75, 3.05) is 32.8 Å². The highest BCUT2D eigenvalue weighted by Gasteiger charge is 2.30. The minimum atomic E-state index is -0.205. The molecule has 2 atom stereocenters. The van der Waals surface area contributed by atoms with Gasteiger partial charge in [0.2, 0.25) is 5.91 Å². The molecule has 16 heavy (non-hydrogen) atoms. The third-order valence-corrected chi connectivity index (χ3v) is 3.01. The summed E-state index contributed by atoms with van der Waals surface area (Å²) in [5, 5.41) is 12.2. The lowest BCUT2D eigenvalue weighted by atomic mass is 10.2. The SMILES string of the molecule is Cl.O=C([C@@H]1CCCN1)N1CCOC(CO)C1. The van der Waals surface area contributed by atoms with Crippen LogP contribution in [-0.2, 0) is 9.53 Å². The standard InChI is InChI=1S/C10H18N2O3.ClH/c13-7-8-6-12(4-5-15-8)10(14)9-2-1-3-11-9;/h8-9,11,13H,1-7H2;1H/t8?,9-;/m0./s1. The molecule has 5 nitrogen and oxygen atoms in total. The zero-order valence-corrected chi connectivity index (χ0v) is 10.0. The van der Waals surface area contributed by atoms with Crippen molar-refractivity contribution >= 4 is 18.3 Å². The largest absolute Gasteiger partial charge is 0.394 e. The second kappa shape index (κ2) is 6.39. The molecule has 2 fully saturated rings. The fraction of sp³-hybridized carbons (Fsp3) is 0.900. The highest BCUT2D eigenvalue weighted by atomic mass is 35.5. The van der Waals surface area contributed by atoms with E-state index in [9.17, 15) is 4.79 Å². The van der Waals surface area contributed by atoms with Crippen LogP contribution in [0.15, 0.2) is 0 Å². The van der Waals surface area contributed by atoms with Crippen molar-refractivity contribution in [3.63, 3.8) is 0 Å². The maximum Gasteiger partial charge on any atom is 0.239 e. The molecule has 0 aromatic heterocycles. The van der Waals surface area contributed by atoms with E-state index in [0.29, 0.717) is 19.7 Å². The molecule has 0 radical (unpaired) electrons. The van der Waals surface area contributed by atoms with Crippen LogP contribution in [0.4, 0.5) is 0 Å². The summed E-state index contributed by atoms with van der Waals surface area (Å²) in [7, 11) is 0. The summed E-state index contributed by atoms with van der Waals surface area (Å²) in [4.78, 5) is 13.8. The zero-order chi connectivity index (χ0) is 10.7. The molecule has 1 unspecified atom stereocenters. The average Bonchev–Trinajstić information content (AvgIpc) is 2.81. The third kappa shape index (κ3) is 3.07. The first-order valence-corrected chi connectivity index (χ1v) is 5.56. The van der Waals surface area contributed by atoms with Gasteiger partial charge in [-0.2, -0.15) is 0 Å². The molecule has 0 aromatic carbocycles. The van der Waals surface area contributed by atoms with Crippen LogP contribution in [0, 0.1) is 0 Å². The van der Waals surface area contributed by atoms with E-state index in [-0.39, 0.29) is 37.1 Å². The Morgan fingerprint density at radius 1 is 1.56 bits per heavy atom. The van der Waals surface area contributed by atoms with Crippen LogP contribution >= 0.6 is 12.4 Å². The van der Waals surface area contributed by atoms with E-state index in [4.69, 9.17) is 9.84 Å². The molecule has 2 rings (SSSR count). The fourth-order valence-corrected chi connectivity index (χ4v) is 2.15. The van der Waals surface area contributed by atoms with Crippen LogP contribution in [-0.4, -0.2) is 60.9 Å². The summed E-state index contributed by atoms with van der Waals surface area (Å²) in [5.41, 5.74) is 0. The Labute approximate surface area is 102 Å². The maximum atomic E-state index is 12.0. The minimum Gasteiger partial charge on any atom is -0.394 e. The molecule has 2 heterocycles. The molecule has 0 aliphatic carbocycles. The van der Waals surface area contributed by atoms with Crippen molar-refractivity contribution in [3.8, 4) is 0 Å². The highest BCUT2D eigenvalue weighted by Crippen LogP contribution is 2.12. The number of rotatable bonds is 2. The normalized spacial score (nSPS) is 29.9. The lowest BCUT2D eigenvalue weighted by Gasteiger charge is -2.33. The van der Waals surface area contributed by atoms with Crippen molar-refractivity contribution in [3.05, 3.63) is 0 Å². The molecule has 0 aromatic rings. The number of halogens is 1. The Kier molecular flexibility index (Phi) is 5.48.